The van der Waals surface area contributed by atoms with Gasteiger partial charge in [-0.05, 0) is 42.2 Å². The van der Waals surface area contributed by atoms with E-state index in [9.17, 15) is 23.1 Å². The van der Waals surface area contributed by atoms with Crippen LogP contribution in [-0.4, -0.2) is 42.8 Å². The van der Waals surface area contributed by atoms with E-state index in [2.05, 4.69) is 15.9 Å². The Kier molecular flexibility index (Phi) is 6.62. The van der Waals surface area contributed by atoms with Crippen molar-refractivity contribution >= 4 is 21.9 Å². The van der Waals surface area contributed by atoms with Crippen LogP contribution in [0.25, 0.3) is 0 Å². The largest absolute Gasteiger partial charge is 0.493 e. The highest BCUT2D eigenvalue weighted by molar-refractivity contribution is 9.10. The van der Waals surface area contributed by atoms with Gasteiger partial charge in [0.05, 0.1) is 25.8 Å². The first-order valence-corrected chi connectivity index (χ1v) is 10.0. The van der Waals surface area contributed by atoms with Crippen LogP contribution in [0.2, 0.25) is 0 Å². The molecule has 0 bridgehead atoms. The Morgan fingerprint density at radius 2 is 1.80 bits per heavy atom. The molecule has 5 nitrogen and oxygen atoms in total. The molecule has 2 aromatic carbocycles. The summed E-state index contributed by atoms with van der Waals surface area (Å²) in [6, 6.07) is 6.64. The molecule has 0 radical (unpaired) electrons. The third-order valence-corrected chi connectivity index (χ3v) is 5.96. The van der Waals surface area contributed by atoms with Crippen LogP contribution in [0.15, 0.2) is 40.9 Å². The van der Waals surface area contributed by atoms with E-state index >= 15 is 0 Å². The average molecular weight is 488 g/mol. The molecule has 1 aliphatic rings. The minimum atomic E-state index is -4.59. The minimum Gasteiger partial charge on any atom is -0.493 e. The van der Waals surface area contributed by atoms with Crippen LogP contribution in [0.3, 0.4) is 0 Å². The van der Waals surface area contributed by atoms with Crippen molar-refractivity contribution in [2.45, 2.75) is 31.1 Å². The predicted molar refractivity (Wildman–Crippen MR) is 108 cm³/mol. The maximum atomic E-state index is 13.8. The Hall–Kier alpha value is -2.26. The highest BCUT2D eigenvalue weighted by Crippen LogP contribution is 2.45. The van der Waals surface area contributed by atoms with Gasteiger partial charge in [-0.2, -0.15) is 13.2 Å². The molecule has 1 saturated heterocycles. The van der Waals surface area contributed by atoms with Gasteiger partial charge >= 0.3 is 12.1 Å². The van der Waals surface area contributed by atoms with Gasteiger partial charge in [0.1, 0.15) is 6.04 Å². The van der Waals surface area contributed by atoms with Crippen molar-refractivity contribution in [2.75, 3.05) is 20.8 Å². The van der Waals surface area contributed by atoms with Gasteiger partial charge in [0.15, 0.2) is 11.5 Å². The minimum absolute atomic E-state index is 0.00827. The molecule has 0 aromatic heterocycles. The molecule has 1 fully saturated rings. The Morgan fingerprint density at radius 1 is 1.17 bits per heavy atom. The maximum absolute atomic E-state index is 13.8. The van der Waals surface area contributed by atoms with Gasteiger partial charge < -0.3 is 14.6 Å². The van der Waals surface area contributed by atoms with Crippen molar-refractivity contribution < 1.29 is 32.5 Å². The Morgan fingerprint density at radius 3 is 2.40 bits per heavy atom. The molecule has 9 heteroatoms. The number of aliphatic carboxylic acids is 1. The summed E-state index contributed by atoms with van der Waals surface area (Å²) < 4.78 is 52.6. The molecule has 2 unspecified atom stereocenters. The molecule has 3 rings (SSSR count). The lowest BCUT2D eigenvalue weighted by molar-refractivity contribution is -0.143. The summed E-state index contributed by atoms with van der Waals surface area (Å²) in [6.07, 6.45) is -3.65. The van der Waals surface area contributed by atoms with E-state index in [4.69, 9.17) is 9.47 Å². The van der Waals surface area contributed by atoms with Crippen LogP contribution in [0, 0.1) is 0 Å². The van der Waals surface area contributed by atoms with Gasteiger partial charge in [-0.25, -0.2) is 0 Å². The first-order valence-electron chi connectivity index (χ1n) is 9.25. The monoisotopic (exact) mass is 487 g/mol. The molecular weight excluding hydrogens is 467 g/mol. The number of methoxy groups -OCH3 is 2. The number of hydrogen-bond donors (Lipinski definition) is 1. The highest BCUT2D eigenvalue weighted by atomic mass is 79.9. The predicted octanol–water partition coefficient (Wildman–Crippen LogP) is 5.12. The molecular formula is C21H21BrF3NO4. The van der Waals surface area contributed by atoms with Gasteiger partial charge in [-0.1, -0.05) is 34.1 Å². The number of carboxylic acid groups (broad SMARTS) is 1. The third kappa shape index (κ3) is 4.27. The summed E-state index contributed by atoms with van der Waals surface area (Å²) in [5.41, 5.74) is -0.337. The summed E-state index contributed by atoms with van der Waals surface area (Å²) in [7, 11) is 2.89. The number of carboxylic acids is 1. The number of alkyl halides is 3. The fourth-order valence-electron chi connectivity index (χ4n) is 3.96. The fraction of sp³-hybridized carbons (Fsp3) is 0.381. The smallest absolute Gasteiger partial charge is 0.416 e. The van der Waals surface area contributed by atoms with Crippen molar-refractivity contribution in [3.8, 4) is 11.5 Å². The van der Waals surface area contributed by atoms with E-state index in [0.29, 0.717) is 40.9 Å². The van der Waals surface area contributed by atoms with Crippen molar-refractivity contribution in [2.24, 2.45) is 0 Å². The summed E-state index contributed by atoms with van der Waals surface area (Å²) in [6.45, 7) is 0.356. The molecule has 0 saturated carbocycles. The quantitative estimate of drug-likeness (QED) is 0.612. The van der Waals surface area contributed by atoms with Crippen molar-refractivity contribution in [1.82, 2.24) is 4.90 Å². The number of rotatable bonds is 6. The van der Waals surface area contributed by atoms with E-state index in [1.165, 1.54) is 32.4 Å². The standard InChI is InChI=1S/C21H21BrF3NO4/c1-29-17-10-13(15(22)11-18(17)30-2)19(26-9-5-8-16(26)20(27)28)12-6-3-4-7-14(12)21(23,24)25/h3-4,6-7,10-11,16,19H,5,8-9H2,1-2H3,(H,27,28). The lowest BCUT2D eigenvalue weighted by Crippen LogP contribution is -2.40. The molecule has 1 heterocycles. The second-order valence-electron chi connectivity index (χ2n) is 6.95. The zero-order chi connectivity index (χ0) is 22.1. The van der Waals surface area contributed by atoms with Crippen LogP contribution < -0.4 is 9.47 Å². The molecule has 2 atom stereocenters. The van der Waals surface area contributed by atoms with Gasteiger partial charge in [0.25, 0.3) is 0 Å². The number of ether oxygens (including phenoxy) is 2. The zero-order valence-corrected chi connectivity index (χ0v) is 18.0. The van der Waals surface area contributed by atoms with Gasteiger partial charge in [0, 0.05) is 11.0 Å². The summed E-state index contributed by atoms with van der Waals surface area (Å²) in [4.78, 5) is 13.5. The normalized spacial score (nSPS) is 18.3. The van der Waals surface area contributed by atoms with E-state index in [1.807, 2.05) is 0 Å². The van der Waals surface area contributed by atoms with E-state index in [-0.39, 0.29) is 5.56 Å². The number of halogens is 4. The molecule has 0 aliphatic carbocycles. The summed E-state index contributed by atoms with van der Waals surface area (Å²) >= 11 is 3.44. The molecule has 30 heavy (non-hydrogen) atoms. The van der Waals surface area contributed by atoms with Crippen LogP contribution in [0.1, 0.15) is 35.6 Å². The highest BCUT2D eigenvalue weighted by Gasteiger charge is 2.42. The Bertz CT molecular complexity index is 935. The number of carbonyl (C=O) groups is 1. The molecule has 0 spiro atoms. The second kappa shape index (κ2) is 8.85. The number of hydrogen-bond acceptors (Lipinski definition) is 4. The molecule has 162 valence electrons. The first-order chi connectivity index (χ1) is 14.2. The van der Waals surface area contributed by atoms with Crippen molar-refractivity contribution in [1.29, 1.82) is 0 Å². The first kappa shape index (κ1) is 22.4. The fourth-order valence-corrected chi connectivity index (χ4v) is 4.50. The molecule has 0 amide bonds. The summed E-state index contributed by atoms with van der Waals surface area (Å²) in [5, 5.41) is 9.69. The molecule has 1 N–H and O–H groups in total. The van der Waals surface area contributed by atoms with E-state index < -0.39 is 29.8 Å². The summed E-state index contributed by atoms with van der Waals surface area (Å²) in [5.74, 6) is -0.304. The molecule has 1 aliphatic heterocycles. The topological polar surface area (TPSA) is 59.0 Å². The van der Waals surface area contributed by atoms with E-state index in [0.717, 1.165) is 6.07 Å². The van der Waals surface area contributed by atoms with E-state index in [1.54, 1.807) is 17.0 Å². The number of nitrogens with zero attached hydrogens (tertiary/aromatic N) is 1. The van der Waals surface area contributed by atoms with Gasteiger partial charge in [-0.15, -0.1) is 0 Å². The van der Waals surface area contributed by atoms with Crippen LogP contribution in [0.4, 0.5) is 13.2 Å². The average Bonchev–Trinajstić information content (AvgIpc) is 3.18. The van der Waals surface area contributed by atoms with Gasteiger partial charge in [-0.3, -0.25) is 9.69 Å². The SMILES string of the molecule is COc1cc(Br)c(C(c2ccccc2C(F)(F)F)N2CCCC2C(=O)O)cc1OC. The van der Waals surface area contributed by atoms with Gasteiger partial charge in [0.2, 0.25) is 0 Å². The van der Waals surface area contributed by atoms with Crippen molar-refractivity contribution in [3.05, 3.63) is 57.6 Å². The van der Waals surface area contributed by atoms with Crippen LogP contribution in [0.5, 0.6) is 11.5 Å². The maximum Gasteiger partial charge on any atom is 0.416 e. The Balaban J connectivity index is 2.27. The third-order valence-electron chi connectivity index (χ3n) is 5.27. The Labute approximate surface area is 180 Å². The number of likely N-dealkylation sites (tertiary alicyclic amines) is 1. The van der Waals surface area contributed by atoms with Crippen LogP contribution in [-0.2, 0) is 11.0 Å². The lowest BCUT2D eigenvalue weighted by atomic mass is 9.91. The lowest BCUT2D eigenvalue weighted by Gasteiger charge is -2.34. The number of benzene rings is 2. The van der Waals surface area contributed by atoms with Crippen molar-refractivity contribution in [3.63, 3.8) is 0 Å². The molecule has 2 aromatic rings. The van der Waals surface area contributed by atoms with Crippen LogP contribution >= 0.6 is 15.9 Å². The zero-order valence-electron chi connectivity index (χ0n) is 16.4. The second-order valence-corrected chi connectivity index (χ2v) is 7.80.